The second-order valence-electron chi connectivity index (χ2n) is 2.36. The van der Waals surface area contributed by atoms with Crippen LogP contribution in [0.15, 0.2) is 16.6 Å². The average molecular weight is 235 g/mol. The Morgan fingerprint density at radius 3 is 2.64 bits per heavy atom. The zero-order valence-corrected chi connectivity index (χ0v) is 8.54. The molecule has 60 valence electrons. The van der Waals surface area contributed by atoms with E-state index in [1.807, 2.05) is 19.1 Å². The highest BCUT2D eigenvalue weighted by atomic mass is 79.9. The smallest absolute Gasteiger partial charge is 0.0462 e. The van der Waals surface area contributed by atoms with Crippen LogP contribution in [0.1, 0.15) is 11.1 Å². The molecule has 1 rings (SSSR count). The quantitative estimate of drug-likeness (QED) is 0.794. The van der Waals surface area contributed by atoms with Gasteiger partial charge in [-0.05, 0) is 24.1 Å². The van der Waals surface area contributed by atoms with Gasteiger partial charge in [-0.2, -0.15) is 0 Å². The van der Waals surface area contributed by atoms with Crippen LogP contribution in [0.25, 0.3) is 0 Å². The maximum absolute atomic E-state index is 5.89. The maximum atomic E-state index is 5.89. The summed E-state index contributed by atoms with van der Waals surface area (Å²) in [4.78, 5) is 0. The number of aryl methyl sites for hydroxylation is 1. The molecule has 0 radical (unpaired) electrons. The van der Waals surface area contributed by atoms with Gasteiger partial charge in [-0.3, -0.25) is 0 Å². The van der Waals surface area contributed by atoms with Crippen LogP contribution < -0.4 is 5.73 Å². The fraction of sp³-hybridized carbons (Fsp3) is 0.250. The lowest BCUT2D eigenvalue weighted by Crippen LogP contribution is -1.99. The summed E-state index contributed by atoms with van der Waals surface area (Å²) >= 11 is 9.32. The molecule has 0 saturated heterocycles. The van der Waals surface area contributed by atoms with Gasteiger partial charge < -0.3 is 5.73 Å². The van der Waals surface area contributed by atoms with Crippen molar-refractivity contribution < 1.29 is 0 Å². The zero-order valence-electron chi connectivity index (χ0n) is 6.20. The predicted molar refractivity (Wildman–Crippen MR) is 51.8 cm³/mol. The summed E-state index contributed by atoms with van der Waals surface area (Å²) in [6.07, 6.45) is 0. The molecule has 0 saturated carbocycles. The number of hydrogen-bond acceptors (Lipinski definition) is 1. The van der Waals surface area contributed by atoms with Crippen LogP contribution in [-0.4, -0.2) is 0 Å². The van der Waals surface area contributed by atoms with Crippen molar-refractivity contribution in [3.05, 3.63) is 32.8 Å². The minimum Gasteiger partial charge on any atom is -0.326 e. The number of hydrogen-bond donors (Lipinski definition) is 1. The van der Waals surface area contributed by atoms with Crippen LogP contribution in [0.4, 0.5) is 0 Å². The first kappa shape index (κ1) is 9.04. The van der Waals surface area contributed by atoms with Crippen molar-refractivity contribution in [2.45, 2.75) is 13.5 Å². The molecule has 0 aliphatic heterocycles. The van der Waals surface area contributed by atoms with Gasteiger partial charge in [0.25, 0.3) is 0 Å². The molecule has 0 unspecified atom stereocenters. The van der Waals surface area contributed by atoms with E-state index in [4.69, 9.17) is 17.3 Å². The molecule has 1 aromatic carbocycles. The second kappa shape index (κ2) is 3.57. The summed E-state index contributed by atoms with van der Waals surface area (Å²) in [5.74, 6) is 0. The van der Waals surface area contributed by atoms with Gasteiger partial charge in [0, 0.05) is 16.0 Å². The van der Waals surface area contributed by atoms with Crippen molar-refractivity contribution in [2.75, 3.05) is 0 Å². The Kier molecular flexibility index (Phi) is 2.93. The monoisotopic (exact) mass is 233 g/mol. The molecule has 2 N–H and O–H groups in total. The standard InChI is InChI=1S/C8H9BrClN/c1-5-2-3-7(10)6(4-11)8(5)9/h2-3H,4,11H2,1H3. The molecule has 3 heteroatoms. The first-order chi connectivity index (χ1) is 5.16. The highest BCUT2D eigenvalue weighted by Gasteiger charge is 2.04. The average Bonchev–Trinajstić information content (AvgIpc) is 1.99. The molecule has 0 amide bonds. The summed E-state index contributed by atoms with van der Waals surface area (Å²) in [6.45, 7) is 2.49. The molecule has 0 bridgehead atoms. The van der Waals surface area contributed by atoms with Gasteiger partial charge in [0.1, 0.15) is 0 Å². The van der Waals surface area contributed by atoms with Crippen LogP contribution >= 0.6 is 27.5 Å². The fourth-order valence-corrected chi connectivity index (χ4v) is 1.76. The number of halogens is 2. The molecule has 1 nitrogen and oxygen atoms in total. The van der Waals surface area contributed by atoms with E-state index >= 15 is 0 Å². The van der Waals surface area contributed by atoms with E-state index in [9.17, 15) is 0 Å². The Labute approximate surface area is 79.7 Å². The first-order valence-electron chi connectivity index (χ1n) is 3.30. The molecule has 0 fully saturated rings. The van der Waals surface area contributed by atoms with Crippen LogP contribution in [0.3, 0.4) is 0 Å². The van der Waals surface area contributed by atoms with E-state index in [-0.39, 0.29) is 0 Å². The minimum absolute atomic E-state index is 0.473. The van der Waals surface area contributed by atoms with Crippen molar-refractivity contribution in [2.24, 2.45) is 5.73 Å². The van der Waals surface area contributed by atoms with Crippen molar-refractivity contribution in [1.82, 2.24) is 0 Å². The third-order valence-corrected chi connectivity index (χ3v) is 3.04. The molecule has 0 spiro atoms. The summed E-state index contributed by atoms with van der Waals surface area (Å²) in [7, 11) is 0. The van der Waals surface area contributed by atoms with Gasteiger partial charge in [-0.1, -0.05) is 33.6 Å². The molecule has 11 heavy (non-hydrogen) atoms. The topological polar surface area (TPSA) is 26.0 Å². The molecule has 1 aromatic rings. The lowest BCUT2D eigenvalue weighted by Gasteiger charge is -2.06. The highest BCUT2D eigenvalue weighted by Crippen LogP contribution is 2.27. The van der Waals surface area contributed by atoms with E-state index in [2.05, 4.69) is 15.9 Å². The molecular weight excluding hydrogens is 225 g/mol. The van der Waals surface area contributed by atoms with Crippen LogP contribution in [0.5, 0.6) is 0 Å². The highest BCUT2D eigenvalue weighted by molar-refractivity contribution is 9.10. The van der Waals surface area contributed by atoms with Gasteiger partial charge in [0.15, 0.2) is 0 Å². The summed E-state index contributed by atoms with van der Waals surface area (Å²) in [5.41, 5.74) is 7.65. The summed E-state index contributed by atoms with van der Waals surface area (Å²) < 4.78 is 1.02. The van der Waals surface area contributed by atoms with E-state index < -0.39 is 0 Å². The molecule has 0 aromatic heterocycles. The van der Waals surface area contributed by atoms with Crippen LogP contribution in [0.2, 0.25) is 5.02 Å². The van der Waals surface area contributed by atoms with Gasteiger partial charge in [0.05, 0.1) is 0 Å². The van der Waals surface area contributed by atoms with Gasteiger partial charge in [-0.15, -0.1) is 0 Å². The normalized spacial score (nSPS) is 10.2. The summed E-state index contributed by atoms with van der Waals surface area (Å²) in [6, 6.07) is 3.83. The Balaban J connectivity index is 3.29. The molecule has 0 aliphatic carbocycles. The fourth-order valence-electron chi connectivity index (χ4n) is 0.902. The Bertz CT molecular complexity index is 273. The van der Waals surface area contributed by atoms with Crippen molar-refractivity contribution in [3.8, 4) is 0 Å². The summed E-state index contributed by atoms with van der Waals surface area (Å²) in [5, 5.41) is 0.727. The SMILES string of the molecule is Cc1ccc(Cl)c(CN)c1Br. The zero-order chi connectivity index (χ0) is 8.43. The maximum Gasteiger partial charge on any atom is 0.0462 e. The van der Waals surface area contributed by atoms with Gasteiger partial charge in [0.2, 0.25) is 0 Å². The van der Waals surface area contributed by atoms with Gasteiger partial charge in [-0.25, -0.2) is 0 Å². The Hall–Kier alpha value is -0.0500. The number of rotatable bonds is 1. The Morgan fingerprint density at radius 1 is 1.55 bits per heavy atom. The lowest BCUT2D eigenvalue weighted by atomic mass is 10.1. The van der Waals surface area contributed by atoms with E-state index in [0.29, 0.717) is 6.54 Å². The second-order valence-corrected chi connectivity index (χ2v) is 3.56. The van der Waals surface area contributed by atoms with Crippen molar-refractivity contribution in [1.29, 1.82) is 0 Å². The van der Waals surface area contributed by atoms with Crippen molar-refractivity contribution in [3.63, 3.8) is 0 Å². The third-order valence-electron chi connectivity index (χ3n) is 1.58. The molecule has 0 atom stereocenters. The molecule has 0 heterocycles. The minimum atomic E-state index is 0.473. The van der Waals surface area contributed by atoms with Crippen molar-refractivity contribution >= 4 is 27.5 Å². The number of benzene rings is 1. The van der Waals surface area contributed by atoms with Gasteiger partial charge >= 0.3 is 0 Å². The van der Waals surface area contributed by atoms with E-state index in [0.717, 1.165) is 20.6 Å². The third kappa shape index (κ3) is 1.75. The van der Waals surface area contributed by atoms with Crippen LogP contribution in [-0.2, 0) is 6.54 Å². The Morgan fingerprint density at radius 2 is 2.18 bits per heavy atom. The lowest BCUT2D eigenvalue weighted by molar-refractivity contribution is 1.05. The predicted octanol–water partition coefficient (Wildman–Crippen LogP) is 2.87. The van der Waals surface area contributed by atoms with E-state index in [1.165, 1.54) is 0 Å². The molecular formula is C8H9BrClN. The largest absolute Gasteiger partial charge is 0.326 e. The number of nitrogens with two attached hydrogens (primary N) is 1. The molecule has 0 aliphatic rings. The first-order valence-corrected chi connectivity index (χ1v) is 4.47. The van der Waals surface area contributed by atoms with Crippen LogP contribution in [0, 0.1) is 6.92 Å². The van der Waals surface area contributed by atoms with E-state index in [1.54, 1.807) is 0 Å².